The first kappa shape index (κ1) is 14.0. The van der Waals surface area contributed by atoms with Gasteiger partial charge in [-0.3, -0.25) is 4.79 Å². The highest BCUT2D eigenvalue weighted by Crippen LogP contribution is 2.27. The van der Waals surface area contributed by atoms with Crippen LogP contribution in [0.15, 0.2) is 51.7 Å². The van der Waals surface area contributed by atoms with Gasteiger partial charge in [-0.2, -0.15) is 4.68 Å². The minimum absolute atomic E-state index is 0.0575. The molecule has 0 saturated carbocycles. The van der Waals surface area contributed by atoms with Gasteiger partial charge in [-0.1, -0.05) is 44.9 Å². The Kier molecular flexibility index (Phi) is 3.90. The average Bonchev–Trinajstić information content (AvgIpc) is 2.48. The molecule has 21 heavy (non-hydrogen) atoms. The van der Waals surface area contributed by atoms with Crippen LogP contribution in [0.5, 0.6) is 5.75 Å². The quantitative estimate of drug-likeness (QED) is 0.714. The Morgan fingerprint density at radius 2 is 2.05 bits per heavy atom. The molecule has 7 heteroatoms. The second-order valence-corrected chi connectivity index (χ2v) is 5.58. The monoisotopic (exact) mass is 365 g/mol. The summed E-state index contributed by atoms with van der Waals surface area (Å²) in [6.45, 7) is -0.0575. The van der Waals surface area contributed by atoms with E-state index in [-0.39, 0.29) is 12.3 Å². The van der Waals surface area contributed by atoms with Crippen molar-refractivity contribution in [2.45, 2.75) is 6.73 Å². The molecule has 0 aliphatic heterocycles. The Morgan fingerprint density at radius 3 is 2.86 bits per heavy atom. The number of fused-ring (bicyclic) bond motifs is 1. The molecule has 3 rings (SSSR count). The molecule has 1 heterocycles. The van der Waals surface area contributed by atoms with Crippen LogP contribution < -0.4 is 10.3 Å². The largest absolute Gasteiger partial charge is 0.469 e. The third kappa shape index (κ3) is 2.91. The fraction of sp³-hybridized carbons (Fsp3) is 0.0714. The van der Waals surface area contributed by atoms with Crippen molar-refractivity contribution in [3.8, 4) is 5.75 Å². The third-order valence-corrected chi connectivity index (χ3v) is 3.65. The van der Waals surface area contributed by atoms with Crippen LogP contribution in [-0.4, -0.2) is 15.0 Å². The summed E-state index contributed by atoms with van der Waals surface area (Å²) in [7, 11) is 0. The molecule has 1 aromatic heterocycles. The molecule has 0 atom stereocenters. The van der Waals surface area contributed by atoms with Crippen LogP contribution in [0.3, 0.4) is 0 Å². The van der Waals surface area contributed by atoms with Crippen molar-refractivity contribution in [1.29, 1.82) is 0 Å². The highest BCUT2D eigenvalue weighted by atomic mass is 79.9. The lowest BCUT2D eigenvalue weighted by atomic mass is 10.2. The summed E-state index contributed by atoms with van der Waals surface area (Å²) in [4.78, 5) is 12.2. The Morgan fingerprint density at radius 1 is 1.24 bits per heavy atom. The predicted octanol–water partition coefficient (Wildman–Crippen LogP) is 3.24. The molecule has 0 saturated heterocycles. The van der Waals surface area contributed by atoms with E-state index in [0.29, 0.717) is 21.7 Å². The van der Waals surface area contributed by atoms with E-state index in [0.717, 1.165) is 9.15 Å². The molecule has 0 aliphatic rings. The topological polar surface area (TPSA) is 57.0 Å². The second-order valence-electron chi connectivity index (χ2n) is 4.26. The van der Waals surface area contributed by atoms with Gasteiger partial charge in [-0.25, -0.2) is 0 Å². The highest BCUT2D eigenvalue weighted by Gasteiger charge is 2.07. The minimum Gasteiger partial charge on any atom is -0.469 e. The Labute approximate surface area is 133 Å². The molecule has 0 N–H and O–H groups in total. The van der Waals surface area contributed by atoms with Gasteiger partial charge in [0.1, 0.15) is 11.3 Å². The van der Waals surface area contributed by atoms with Gasteiger partial charge in [0.25, 0.3) is 5.56 Å². The van der Waals surface area contributed by atoms with Crippen molar-refractivity contribution >= 4 is 38.4 Å². The number of nitrogens with zero attached hydrogens (tertiary/aromatic N) is 3. The summed E-state index contributed by atoms with van der Waals surface area (Å²) >= 11 is 9.37. The maximum atomic E-state index is 12.2. The summed E-state index contributed by atoms with van der Waals surface area (Å²) in [5.74, 6) is 0.474. The maximum absolute atomic E-state index is 12.2. The van der Waals surface area contributed by atoms with E-state index in [9.17, 15) is 4.79 Å². The van der Waals surface area contributed by atoms with Gasteiger partial charge in [0.2, 0.25) is 0 Å². The highest BCUT2D eigenvalue weighted by molar-refractivity contribution is 9.10. The van der Waals surface area contributed by atoms with E-state index >= 15 is 0 Å². The normalized spacial score (nSPS) is 10.8. The van der Waals surface area contributed by atoms with Crippen molar-refractivity contribution < 1.29 is 4.74 Å². The maximum Gasteiger partial charge on any atom is 0.280 e. The summed E-state index contributed by atoms with van der Waals surface area (Å²) in [5.41, 5.74) is 0.300. The molecule has 0 bridgehead atoms. The molecule has 0 radical (unpaired) electrons. The Hall–Kier alpha value is -1.92. The molecular weight excluding hydrogens is 358 g/mol. The van der Waals surface area contributed by atoms with Gasteiger partial charge in [0.05, 0.1) is 10.4 Å². The first-order chi connectivity index (χ1) is 10.1. The van der Waals surface area contributed by atoms with Crippen molar-refractivity contribution in [1.82, 2.24) is 15.0 Å². The first-order valence-electron chi connectivity index (χ1n) is 6.05. The van der Waals surface area contributed by atoms with Gasteiger partial charge >= 0.3 is 0 Å². The number of aromatic nitrogens is 3. The first-order valence-corrected chi connectivity index (χ1v) is 7.22. The lowest BCUT2D eigenvalue weighted by Gasteiger charge is -2.09. The molecule has 2 aromatic carbocycles. The Bertz CT molecular complexity index is 866. The lowest BCUT2D eigenvalue weighted by Crippen LogP contribution is -2.26. The number of benzene rings is 2. The van der Waals surface area contributed by atoms with Gasteiger partial charge in [-0.05, 0) is 30.3 Å². The van der Waals surface area contributed by atoms with Crippen molar-refractivity contribution in [3.63, 3.8) is 0 Å². The average molecular weight is 367 g/mol. The van der Waals surface area contributed by atoms with Crippen molar-refractivity contribution in [2.24, 2.45) is 0 Å². The molecule has 0 spiro atoms. The van der Waals surface area contributed by atoms with Gasteiger partial charge in [0, 0.05) is 4.47 Å². The second kappa shape index (κ2) is 5.83. The standard InChI is InChI=1S/C14H9BrClN3O2/c15-9-5-6-13(11(16)7-9)21-8-19-14(20)10-3-1-2-4-12(10)17-18-19/h1-7H,8H2. The minimum atomic E-state index is -0.256. The number of hydrogen-bond donors (Lipinski definition) is 0. The van der Waals surface area contributed by atoms with Crippen LogP contribution >= 0.6 is 27.5 Å². The molecule has 5 nitrogen and oxygen atoms in total. The number of ether oxygens (including phenoxy) is 1. The molecular formula is C14H9BrClN3O2. The third-order valence-electron chi connectivity index (χ3n) is 2.87. The zero-order valence-corrected chi connectivity index (χ0v) is 13.0. The lowest BCUT2D eigenvalue weighted by molar-refractivity contribution is 0.211. The van der Waals surface area contributed by atoms with E-state index in [1.807, 2.05) is 0 Å². The Balaban J connectivity index is 1.88. The van der Waals surface area contributed by atoms with E-state index < -0.39 is 0 Å². The van der Waals surface area contributed by atoms with Crippen molar-refractivity contribution in [3.05, 3.63) is 62.3 Å². The van der Waals surface area contributed by atoms with Crippen molar-refractivity contribution in [2.75, 3.05) is 0 Å². The summed E-state index contributed by atoms with van der Waals surface area (Å²) < 4.78 is 7.52. The van der Waals surface area contributed by atoms with Gasteiger partial charge in [0.15, 0.2) is 6.73 Å². The summed E-state index contributed by atoms with van der Waals surface area (Å²) in [5, 5.41) is 8.78. The van der Waals surface area contributed by atoms with Gasteiger partial charge in [-0.15, -0.1) is 5.10 Å². The molecule has 0 amide bonds. The summed E-state index contributed by atoms with van der Waals surface area (Å²) in [6.07, 6.45) is 0. The van der Waals surface area contributed by atoms with Crippen LogP contribution in [0.1, 0.15) is 0 Å². The molecule has 3 aromatic rings. The smallest absolute Gasteiger partial charge is 0.280 e. The fourth-order valence-corrected chi connectivity index (χ4v) is 2.56. The van der Waals surface area contributed by atoms with E-state index in [2.05, 4.69) is 26.2 Å². The number of halogens is 2. The SMILES string of the molecule is O=c1c2ccccc2nnn1COc1ccc(Br)cc1Cl. The molecule has 0 fully saturated rings. The zero-order valence-electron chi connectivity index (χ0n) is 10.7. The van der Waals surface area contributed by atoms with E-state index in [1.54, 1.807) is 42.5 Å². The van der Waals surface area contributed by atoms with Crippen LogP contribution in [0.25, 0.3) is 10.9 Å². The van der Waals surface area contributed by atoms with E-state index in [4.69, 9.17) is 16.3 Å². The summed E-state index contributed by atoms with van der Waals surface area (Å²) in [6, 6.07) is 12.3. The number of hydrogen-bond acceptors (Lipinski definition) is 4. The van der Waals surface area contributed by atoms with Crippen LogP contribution in [0, 0.1) is 0 Å². The molecule has 0 aliphatic carbocycles. The zero-order chi connectivity index (χ0) is 14.8. The van der Waals surface area contributed by atoms with Gasteiger partial charge < -0.3 is 4.74 Å². The van der Waals surface area contributed by atoms with Crippen LogP contribution in [0.4, 0.5) is 0 Å². The molecule has 0 unspecified atom stereocenters. The van der Waals surface area contributed by atoms with Crippen LogP contribution in [-0.2, 0) is 6.73 Å². The molecule has 106 valence electrons. The predicted molar refractivity (Wildman–Crippen MR) is 83.6 cm³/mol. The fourth-order valence-electron chi connectivity index (χ4n) is 1.83. The van der Waals surface area contributed by atoms with Crippen LogP contribution in [0.2, 0.25) is 5.02 Å². The number of rotatable bonds is 3. The van der Waals surface area contributed by atoms with E-state index in [1.165, 1.54) is 0 Å².